The molecule has 1 fully saturated rings. The van der Waals surface area contributed by atoms with E-state index in [1.54, 1.807) is 11.3 Å². The predicted molar refractivity (Wildman–Crippen MR) is 105 cm³/mol. The topological polar surface area (TPSA) is 54.9 Å². The second kappa shape index (κ2) is 6.74. The lowest BCUT2D eigenvalue weighted by molar-refractivity contribution is -0.130. The molecule has 2 aliphatic heterocycles. The van der Waals surface area contributed by atoms with Crippen molar-refractivity contribution in [2.24, 2.45) is 0 Å². The molecule has 0 saturated carbocycles. The van der Waals surface area contributed by atoms with Crippen LogP contribution in [-0.2, 0) is 11.2 Å². The van der Waals surface area contributed by atoms with Crippen molar-refractivity contribution in [3.05, 3.63) is 48.0 Å². The van der Waals surface area contributed by atoms with Crippen molar-refractivity contribution in [1.82, 2.24) is 9.88 Å². The molecule has 0 spiro atoms. The van der Waals surface area contributed by atoms with E-state index < -0.39 is 0 Å². The number of benzene rings is 2. The van der Waals surface area contributed by atoms with E-state index >= 15 is 0 Å². The Morgan fingerprint density at radius 2 is 1.85 bits per heavy atom. The molecule has 0 atom stereocenters. The maximum absolute atomic E-state index is 12.7. The molecule has 1 aromatic heterocycles. The van der Waals surface area contributed by atoms with Gasteiger partial charge < -0.3 is 19.3 Å². The lowest BCUT2D eigenvalue weighted by atomic mass is 10.1. The van der Waals surface area contributed by atoms with Crippen molar-refractivity contribution in [3.8, 4) is 11.5 Å². The third-order valence-corrected chi connectivity index (χ3v) is 6.08. The van der Waals surface area contributed by atoms with Crippen molar-refractivity contribution in [2.45, 2.75) is 6.42 Å². The van der Waals surface area contributed by atoms with E-state index in [0.29, 0.717) is 6.42 Å². The molecule has 6 nitrogen and oxygen atoms in total. The average Bonchev–Trinajstić information content (AvgIpc) is 3.34. The van der Waals surface area contributed by atoms with Gasteiger partial charge in [0.2, 0.25) is 12.7 Å². The van der Waals surface area contributed by atoms with Crippen LogP contribution in [0.25, 0.3) is 10.2 Å². The van der Waals surface area contributed by atoms with Gasteiger partial charge in [0.1, 0.15) is 0 Å². The number of hydrogen-bond donors (Lipinski definition) is 0. The number of aromatic nitrogens is 1. The Morgan fingerprint density at radius 1 is 1.04 bits per heavy atom. The van der Waals surface area contributed by atoms with Crippen molar-refractivity contribution in [1.29, 1.82) is 0 Å². The van der Waals surface area contributed by atoms with Gasteiger partial charge in [-0.25, -0.2) is 4.98 Å². The number of rotatable bonds is 3. The Bertz CT molecular complexity index is 962. The third-order valence-electron chi connectivity index (χ3n) is 4.98. The summed E-state index contributed by atoms with van der Waals surface area (Å²) in [7, 11) is 0. The lowest BCUT2D eigenvalue weighted by Gasteiger charge is -2.34. The quantitative estimate of drug-likeness (QED) is 0.698. The molecule has 3 heterocycles. The zero-order chi connectivity index (χ0) is 18.2. The highest BCUT2D eigenvalue weighted by Crippen LogP contribution is 2.33. The Morgan fingerprint density at radius 3 is 2.70 bits per heavy atom. The Balaban J connectivity index is 1.21. The van der Waals surface area contributed by atoms with Gasteiger partial charge in [0.25, 0.3) is 0 Å². The Hall–Kier alpha value is -2.80. The number of carbonyl (C=O) groups excluding carboxylic acids is 1. The molecule has 138 valence electrons. The van der Waals surface area contributed by atoms with Gasteiger partial charge in [-0.3, -0.25) is 4.79 Å². The van der Waals surface area contributed by atoms with Crippen LogP contribution in [-0.4, -0.2) is 48.8 Å². The van der Waals surface area contributed by atoms with E-state index in [1.807, 2.05) is 41.3 Å². The molecule has 2 aromatic carbocycles. The first kappa shape index (κ1) is 16.4. The van der Waals surface area contributed by atoms with Crippen LogP contribution in [0.3, 0.4) is 0 Å². The predicted octanol–water partition coefficient (Wildman–Crippen LogP) is 2.92. The van der Waals surface area contributed by atoms with Crippen LogP contribution in [0.4, 0.5) is 5.13 Å². The summed E-state index contributed by atoms with van der Waals surface area (Å²) in [5.41, 5.74) is 2.00. The largest absolute Gasteiger partial charge is 0.454 e. The molecule has 5 rings (SSSR count). The molecular formula is C20H19N3O3S. The number of fused-ring (bicyclic) bond motifs is 2. The summed E-state index contributed by atoms with van der Waals surface area (Å²) in [6, 6.07) is 13.9. The van der Waals surface area contributed by atoms with E-state index in [-0.39, 0.29) is 12.7 Å². The zero-order valence-corrected chi connectivity index (χ0v) is 15.6. The minimum atomic E-state index is 0.151. The van der Waals surface area contributed by atoms with Crippen LogP contribution in [0.5, 0.6) is 11.5 Å². The summed E-state index contributed by atoms with van der Waals surface area (Å²) < 4.78 is 11.9. The number of anilines is 1. The first-order valence-corrected chi connectivity index (χ1v) is 9.85. The summed E-state index contributed by atoms with van der Waals surface area (Å²) in [6.07, 6.45) is 0.387. The fraction of sp³-hybridized carbons (Fsp3) is 0.300. The van der Waals surface area contributed by atoms with E-state index in [9.17, 15) is 4.79 Å². The van der Waals surface area contributed by atoms with Gasteiger partial charge in [-0.2, -0.15) is 0 Å². The highest BCUT2D eigenvalue weighted by Gasteiger charge is 2.23. The van der Waals surface area contributed by atoms with Crippen LogP contribution >= 0.6 is 11.3 Å². The number of ether oxygens (including phenoxy) is 2. The van der Waals surface area contributed by atoms with Gasteiger partial charge >= 0.3 is 0 Å². The molecule has 0 unspecified atom stereocenters. The van der Waals surface area contributed by atoms with Gasteiger partial charge in [-0.15, -0.1) is 0 Å². The number of thiazole rings is 1. The normalized spacial score (nSPS) is 16.1. The molecule has 2 aliphatic rings. The molecule has 27 heavy (non-hydrogen) atoms. The molecule has 0 N–H and O–H groups in total. The number of nitrogens with zero attached hydrogens (tertiary/aromatic N) is 3. The molecule has 0 bridgehead atoms. The van der Waals surface area contributed by atoms with Gasteiger partial charge in [0.05, 0.1) is 16.6 Å². The monoisotopic (exact) mass is 381 g/mol. The molecule has 3 aromatic rings. The zero-order valence-electron chi connectivity index (χ0n) is 14.8. The lowest BCUT2D eigenvalue weighted by Crippen LogP contribution is -2.49. The molecule has 1 amide bonds. The number of piperazine rings is 1. The second-order valence-electron chi connectivity index (χ2n) is 6.70. The van der Waals surface area contributed by atoms with Crippen LogP contribution in [0.2, 0.25) is 0 Å². The SMILES string of the molecule is O=C(Cc1ccc2c(c1)OCO2)N1CCN(c2nc3ccccc3s2)CC1. The van der Waals surface area contributed by atoms with E-state index in [2.05, 4.69) is 11.0 Å². The Kier molecular flexibility index (Phi) is 4.09. The van der Waals surface area contributed by atoms with Crippen LogP contribution in [0.1, 0.15) is 5.56 Å². The molecule has 1 saturated heterocycles. The maximum Gasteiger partial charge on any atom is 0.231 e. The van der Waals surface area contributed by atoms with E-state index in [0.717, 1.165) is 53.9 Å². The highest BCUT2D eigenvalue weighted by atomic mass is 32.1. The fourth-order valence-corrected chi connectivity index (χ4v) is 4.50. The summed E-state index contributed by atoms with van der Waals surface area (Å²) >= 11 is 1.71. The molecule has 7 heteroatoms. The first-order valence-electron chi connectivity index (χ1n) is 9.03. The van der Waals surface area contributed by atoms with Crippen molar-refractivity contribution >= 4 is 32.6 Å². The van der Waals surface area contributed by atoms with Crippen LogP contribution < -0.4 is 14.4 Å². The van der Waals surface area contributed by atoms with Gasteiger partial charge in [0.15, 0.2) is 16.6 Å². The summed E-state index contributed by atoms with van der Waals surface area (Å²) in [5.74, 6) is 1.62. The second-order valence-corrected chi connectivity index (χ2v) is 7.71. The minimum absolute atomic E-state index is 0.151. The Labute approximate surface area is 160 Å². The summed E-state index contributed by atoms with van der Waals surface area (Å²) in [4.78, 5) is 21.6. The molecular weight excluding hydrogens is 362 g/mol. The first-order chi connectivity index (χ1) is 13.3. The van der Waals surface area contributed by atoms with Gasteiger partial charge in [-0.1, -0.05) is 29.5 Å². The minimum Gasteiger partial charge on any atom is -0.454 e. The standard InChI is InChI=1S/C20H19N3O3S/c24-19(12-14-5-6-16-17(11-14)26-13-25-16)22-7-9-23(10-8-22)20-21-15-3-1-2-4-18(15)27-20/h1-6,11H,7-10,12-13H2. The number of carbonyl (C=O) groups is 1. The third kappa shape index (κ3) is 3.19. The summed E-state index contributed by atoms with van der Waals surface area (Å²) in [6.45, 7) is 3.32. The average molecular weight is 381 g/mol. The van der Waals surface area contributed by atoms with Crippen LogP contribution in [0.15, 0.2) is 42.5 Å². The van der Waals surface area contributed by atoms with Gasteiger partial charge in [-0.05, 0) is 29.8 Å². The molecule has 0 radical (unpaired) electrons. The fourth-order valence-electron chi connectivity index (χ4n) is 3.48. The summed E-state index contributed by atoms with van der Waals surface area (Å²) in [5, 5.41) is 1.04. The number of para-hydroxylation sites is 1. The smallest absolute Gasteiger partial charge is 0.231 e. The van der Waals surface area contributed by atoms with E-state index in [1.165, 1.54) is 4.70 Å². The number of hydrogen-bond acceptors (Lipinski definition) is 6. The van der Waals surface area contributed by atoms with Crippen molar-refractivity contribution in [3.63, 3.8) is 0 Å². The molecule has 0 aliphatic carbocycles. The van der Waals surface area contributed by atoms with Gasteiger partial charge in [0, 0.05) is 26.2 Å². The highest BCUT2D eigenvalue weighted by molar-refractivity contribution is 7.22. The van der Waals surface area contributed by atoms with E-state index in [4.69, 9.17) is 14.5 Å². The van der Waals surface area contributed by atoms with Crippen LogP contribution in [0, 0.1) is 0 Å². The number of amides is 1. The maximum atomic E-state index is 12.7. The van der Waals surface area contributed by atoms with Crippen molar-refractivity contribution in [2.75, 3.05) is 37.9 Å². The van der Waals surface area contributed by atoms with Crippen molar-refractivity contribution < 1.29 is 14.3 Å².